The third-order valence-corrected chi connectivity index (χ3v) is 11.8. The lowest BCUT2D eigenvalue weighted by Gasteiger charge is -2.31. The zero-order chi connectivity index (χ0) is 30.2. The minimum Gasteiger partial charge on any atom is -0.395 e. The van der Waals surface area contributed by atoms with Crippen molar-refractivity contribution in [3.8, 4) is 0 Å². The number of benzene rings is 3. The molecule has 2 aliphatic heterocycles. The lowest BCUT2D eigenvalue weighted by Crippen LogP contribution is -2.45. The van der Waals surface area contributed by atoms with Crippen LogP contribution in [0.2, 0.25) is 23.7 Å². The Morgan fingerprint density at radius 1 is 1.12 bits per heavy atom. The summed E-state index contributed by atoms with van der Waals surface area (Å²) in [6.45, 7) is 5.69. The van der Waals surface area contributed by atoms with Crippen LogP contribution in [0.15, 0.2) is 72.8 Å². The largest absolute Gasteiger partial charge is 0.395 e. The summed E-state index contributed by atoms with van der Waals surface area (Å²) in [4.78, 5) is 31.5. The Bertz CT molecular complexity index is 1470. The summed E-state index contributed by atoms with van der Waals surface area (Å²) < 4.78 is 24.0. The fourth-order valence-electron chi connectivity index (χ4n) is 6.71. The Labute approximate surface area is 266 Å². The molecule has 1 spiro atoms. The highest BCUT2D eigenvalue weighted by atomic mass is 127. The first-order chi connectivity index (χ1) is 20.0. The number of nitrogens with zero attached hydrogens (tertiary/aromatic N) is 2. The van der Waals surface area contributed by atoms with Crippen LogP contribution in [-0.2, 0) is 33.0 Å². The molecule has 3 aromatic carbocycles. The topological polar surface area (TPSA) is 70.1 Å². The predicted octanol–water partition coefficient (Wildman–Crippen LogP) is 6.68. The minimum atomic E-state index is -3.46. The maximum atomic E-state index is 16.2. The summed E-state index contributed by atoms with van der Waals surface area (Å²) in [5.74, 6) is -1.05. The SMILES string of the molecule is C[C@H]1[C@H]([Si](C)(C)F)[C@@H](CC(=O)N(CCO)Cc2ccccc2)O[C@]12C(=O)N(Cc1cccc(I)c1)c1ccc(Cl)cc12. The van der Waals surface area contributed by atoms with Crippen molar-refractivity contribution < 1.29 is 23.5 Å². The number of fused-ring (bicyclic) bond motifs is 2. The van der Waals surface area contributed by atoms with Crippen LogP contribution >= 0.6 is 34.2 Å². The van der Waals surface area contributed by atoms with Gasteiger partial charge in [0.1, 0.15) is 0 Å². The van der Waals surface area contributed by atoms with E-state index in [0.29, 0.717) is 29.4 Å². The summed E-state index contributed by atoms with van der Waals surface area (Å²) in [6, 6.07) is 22.8. The van der Waals surface area contributed by atoms with Crippen LogP contribution in [0.1, 0.15) is 30.0 Å². The normalized spacial score (nSPS) is 23.5. The number of ether oxygens (including phenoxy) is 1. The second-order valence-electron chi connectivity index (χ2n) is 11.7. The van der Waals surface area contributed by atoms with Gasteiger partial charge in [-0.15, -0.1) is 0 Å². The lowest BCUT2D eigenvalue weighted by atomic mass is 9.82. The van der Waals surface area contributed by atoms with E-state index in [2.05, 4.69) is 22.6 Å². The molecule has 0 unspecified atom stereocenters. The first kappa shape index (κ1) is 31.1. The van der Waals surface area contributed by atoms with Gasteiger partial charge >= 0.3 is 0 Å². The quantitative estimate of drug-likeness (QED) is 0.152. The molecule has 1 saturated heterocycles. The van der Waals surface area contributed by atoms with E-state index in [1.165, 1.54) is 0 Å². The lowest BCUT2D eigenvalue weighted by molar-refractivity contribution is -0.150. The summed E-state index contributed by atoms with van der Waals surface area (Å²) in [7, 11) is -3.46. The average Bonchev–Trinajstić information content (AvgIpc) is 3.35. The van der Waals surface area contributed by atoms with Gasteiger partial charge in [-0.1, -0.05) is 61.0 Å². The second-order valence-corrected chi connectivity index (χ2v) is 17.2. The number of carbonyl (C=O) groups is 2. The molecule has 3 aromatic rings. The molecule has 2 amide bonds. The predicted molar refractivity (Wildman–Crippen MR) is 173 cm³/mol. The van der Waals surface area contributed by atoms with Gasteiger partial charge < -0.3 is 23.8 Å². The van der Waals surface area contributed by atoms with Crippen LogP contribution in [-0.4, -0.2) is 49.5 Å². The highest BCUT2D eigenvalue weighted by Crippen LogP contribution is 2.60. The fraction of sp³-hybridized carbons (Fsp3) is 0.375. The zero-order valence-corrected chi connectivity index (χ0v) is 27.8. The van der Waals surface area contributed by atoms with Gasteiger partial charge in [-0.2, -0.15) is 0 Å². The number of hydrogen-bond acceptors (Lipinski definition) is 4. The molecule has 1 N–H and O–H groups in total. The molecule has 4 atom stereocenters. The first-order valence-electron chi connectivity index (χ1n) is 14.1. The third kappa shape index (κ3) is 5.90. The third-order valence-electron chi connectivity index (χ3n) is 8.47. The van der Waals surface area contributed by atoms with Crippen molar-refractivity contribution in [3.05, 3.63) is 98.1 Å². The Hall–Kier alpha value is -2.31. The maximum Gasteiger partial charge on any atom is 0.264 e. The van der Waals surface area contributed by atoms with E-state index in [0.717, 1.165) is 14.7 Å². The van der Waals surface area contributed by atoms with Crippen LogP contribution in [0.5, 0.6) is 0 Å². The van der Waals surface area contributed by atoms with E-state index in [1.807, 2.05) is 67.6 Å². The van der Waals surface area contributed by atoms with Crippen LogP contribution < -0.4 is 4.90 Å². The van der Waals surface area contributed by atoms with E-state index in [4.69, 9.17) is 16.3 Å². The fourth-order valence-corrected chi connectivity index (χ4v) is 9.99. The Balaban J connectivity index is 1.51. The number of carbonyl (C=O) groups excluding carboxylic acids is 2. The molecule has 6 nitrogen and oxygen atoms in total. The van der Waals surface area contributed by atoms with Gasteiger partial charge in [0.2, 0.25) is 14.3 Å². The standard InChI is InChI=1S/C32H35ClFIN2O4Si/c1-21-30(42(2,3)34)28(18-29(39)36(14-15-38)19-22-8-5-4-6-9-22)41-32(21)26-17-24(33)12-13-27(26)37(31(32)40)20-23-10-7-11-25(35)16-23/h4-13,16-17,21,28,30,38H,14-15,18-20H2,1-3H3/t21-,28+,30-,32+/m0/s1. The first-order valence-corrected chi connectivity index (χ1v) is 18.5. The molecule has 42 heavy (non-hydrogen) atoms. The van der Waals surface area contributed by atoms with Gasteiger partial charge in [0, 0.05) is 38.7 Å². The van der Waals surface area contributed by atoms with Crippen LogP contribution in [0, 0.1) is 9.49 Å². The molecule has 5 rings (SSSR count). The molecule has 0 bridgehead atoms. The van der Waals surface area contributed by atoms with Crippen molar-refractivity contribution >= 4 is 60.1 Å². The van der Waals surface area contributed by atoms with E-state index in [1.54, 1.807) is 35.0 Å². The van der Waals surface area contributed by atoms with Gasteiger partial charge in [0.05, 0.1) is 31.4 Å². The van der Waals surface area contributed by atoms with Crippen LogP contribution in [0.4, 0.5) is 9.80 Å². The Morgan fingerprint density at radius 3 is 2.50 bits per heavy atom. The number of hydrogen-bond donors (Lipinski definition) is 1. The van der Waals surface area contributed by atoms with Gasteiger partial charge in [0.15, 0.2) is 5.60 Å². The smallest absolute Gasteiger partial charge is 0.264 e. The van der Waals surface area contributed by atoms with Crippen molar-refractivity contribution in [2.45, 2.75) is 56.8 Å². The summed E-state index contributed by atoms with van der Waals surface area (Å²) in [5.41, 5.74) is 1.10. The molecule has 1 fully saturated rings. The summed E-state index contributed by atoms with van der Waals surface area (Å²) in [5, 5.41) is 10.2. The van der Waals surface area contributed by atoms with Crippen molar-refractivity contribution in [1.82, 2.24) is 4.90 Å². The van der Waals surface area contributed by atoms with E-state index in [-0.39, 0.29) is 31.4 Å². The number of aliphatic hydroxyl groups excluding tert-OH is 1. The molecule has 2 aliphatic rings. The van der Waals surface area contributed by atoms with Crippen molar-refractivity contribution in [2.24, 2.45) is 5.92 Å². The number of rotatable bonds is 9. The molecule has 2 heterocycles. The molecule has 0 aliphatic carbocycles. The highest BCUT2D eigenvalue weighted by Gasteiger charge is 2.67. The van der Waals surface area contributed by atoms with Crippen molar-refractivity contribution in [3.63, 3.8) is 0 Å². The van der Waals surface area contributed by atoms with Gasteiger partial charge in [0.25, 0.3) is 5.91 Å². The van der Waals surface area contributed by atoms with Crippen molar-refractivity contribution in [1.29, 1.82) is 0 Å². The number of halogens is 3. The molecule has 0 aromatic heterocycles. The average molecular weight is 721 g/mol. The molecule has 222 valence electrons. The molecular formula is C32H35ClFIN2O4Si. The summed E-state index contributed by atoms with van der Waals surface area (Å²) in [6.07, 6.45) is -0.908. The van der Waals surface area contributed by atoms with E-state index >= 15 is 4.11 Å². The monoisotopic (exact) mass is 720 g/mol. The number of amides is 2. The Kier molecular flexibility index (Phi) is 9.16. The Morgan fingerprint density at radius 2 is 1.83 bits per heavy atom. The molecule has 0 radical (unpaired) electrons. The maximum absolute atomic E-state index is 16.2. The highest BCUT2D eigenvalue weighted by molar-refractivity contribution is 14.1. The van der Waals surface area contributed by atoms with Gasteiger partial charge in [-0.3, -0.25) is 9.59 Å². The number of anilines is 1. The van der Waals surface area contributed by atoms with E-state index in [9.17, 15) is 14.7 Å². The van der Waals surface area contributed by atoms with Crippen molar-refractivity contribution in [2.75, 3.05) is 18.1 Å². The molecular weight excluding hydrogens is 686 g/mol. The van der Waals surface area contributed by atoms with Gasteiger partial charge in [-0.25, -0.2) is 0 Å². The second kappa shape index (κ2) is 12.4. The van der Waals surface area contributed by atoms with Crippen LogP contribution in [0.25, 0.3) is 0 Å². The van der Waals surface area contributed by atoms with E-state index < -0.39 is 31.6 Å². The van der Waals surface area contributed by atoms with Crippen LogP contribution in [0.3, 0.4) is 0 Å². The minimum absolute atomic E-state index is 0.0933. The number of aliphatic hydroxyl groups is 1. The molecule has 0 saturated carbocycles. The molecule has 10 heteroatoms. The van der Waals surface area contributed by atoms with Gasteiger partial charge in [-0.05, 0) is 77.1 Å². The summed E-state index contributed by atoms with van der Waals surface area (Å²) >= 11 is 8.72. The zero-order valence-electron chi connectivity index (χ0n) is 23.9.